The van der Waals surface area contributed by atoms with E-state index in [0.717, 1.165) is 23.8 Å². The van der Waals surface area contributed by atoms with Gasteiger partial charge in [0, 0.05) is 18.4 Å². The third-order valence-electron chi connectivity index (χ3n) is 6.34. The van der Waals surface area contributed by atoms with Gasteiger partial charge in [0.2, 0.25) is 5.82 Å². The minimum Gasteiger partial charge on any atom is -0.340 e. The summed E-state index contributed by atoms with van der Waals surface area (Å²) in [6, 6.07) is 9.04. The largest absolute Gasteiger partial charge is 0.340 e. The number of rotatable bonds is 6. The molecule has 10 heteroatoms. The van der Waals surface area contributed by atoms with Gasteiger partial charge in [0.05, 0.1) is 35.1 Å². The third-order valence-corrected chi connectivity index (χ3v) is 6.34. The molecule has 0 aliphatic heterocycles. The lowest BCUT2D eigenvalue weighted by atomic mass is 10.0. The highest BCUT2D eigenvalue weighted by Crippen LogP contribution is 2.46. The molecule has 4 aromatic rings. The number of aromatic nitrogens is 6. The molecule has 1 aliphatic rings. The number of nitrogens with one attached hydrogen (secondary N) is 1. The number of hydrogen-bond donors (Lipinski definition) is 1. The molecule has 0 radical (unpaired) electrons. The van der Waals surface area contributed by atoms with Gasteiger partial charge in [-0.1, -0.05) is 24.3 Å². The molecule has 1 fully saturated rings. The molecule has 1 N–H and O–H groups in total. The van der Waals surface area contributed by atoms with E-state index in [1.165, 1.54) is 17.1 Å². The predicted octanol–water partition coefficient (Wildman–Crippen LogP) is 3.13. The summed E-state index contributed by atoms with van der Waals surface area (Å²) in [6.45, 7) is 5.65. The van der Waals surface area contributed by atoms with Crippen LogP contribution in [0.3, 0.4) is 0 Å². The molecule has 0 saturated heterocycles. The van der Waals surface area contributed by atoms with Gasteiger partial charge in [-0.3, -0.25) is 14.2 Å². The molecule has 0 spiro atoms. The van der Waals surface area contributed by atoms with Crippen LogP contribution in [-0.4, -0.2) is 35.2 Å². The summed E-state index contributed by atoms with van der Waals surface area (Å²) in [6.07, 6.45) is 7.77. The second-order valence-corrected chi connectivity index (χ2v) is 9.09. The van der Waals surface area contributed by atoms with Gasteiger partial charge in [0.15, 0.2) is 5.65 Å². The first-order valence-corrected chi connectivity index (χ1v) is 11.4. The van der Waals surface area contributed by atoms with Crippen LogP contribution in [0.4, 0.5) is 0 Å². The van der Waals surface area contributed by atoms with Gasteiger partial charge in [-0.05, 0) is 44.7 Å². The Morgan fingerprint density at radius 3 is 2.54 bits per heavy atom. The van der Waals surface area contributed by atoms with Crippen molar-refractivity contribution < 1.29 is 4.79 Å². The Labute approximate surface area is 201 Å². The minimum atomic E-state index is -0.611. The summed E-state index contributed by atoms with van der Waals surface area (Å²) in [4.78, 5) is 38.7. The second kappa shape index (κ2) is 8.43. The fourth-order valence-electron chi connectivity index (χ4n) is 4.14. The molecule has 176 valence electrons. The van der Waals surface area contributed by atoms with Crippen molar-refractivity contribution >= 4 is 16.9 Å². The predicted molar refractivity (Wildman–Crippen MR) is 128 cm³/mol. The summed E-state index contributed by atoms with van der Waals surface area (Å²) >= 11 is 0. The zero-order valence-corrected chi connectivity index (χ0v) is 19.6. The topological polar surface area (TPSA) is 131 Å². The van der Waals surface area contributed by atoms with Crippen LogP contribution in [0.2, 0.25) is 0 Å². The first-order valence-electron chi connectivity index (χ1n) is 11.4. The molecule has 1 aliphatic carbocycles. The maximum Gasteiger partial charge on any atom is 0.289 e. The molecule has 0 unspecified atom stereocenters. The van der Waals surface area contributed by atoms with Crippen molar-refractivity contribution in [3.8, 4) is 17.2 Å². The average molecular weight is 469 g/mol. The molecule has 35 heavy (non-hydrogen) atoms. The molecule has 3 aromatic heterocycles. The summed E-state index contributed by atoms with van der Waals surface area (Å²) in [5.74, 6) is -0.240. The van der Waals surface area contributed by atoms with Crippen molar-refractivity contribution in [3.05, 3.63) is 70.9 Å². The lowest BCUT2D eigenvalue weighted by Gasteiger charge is -2.18. The summed E-state index contributed by atoms with van der Waals surface area (Å²) in [5, 5.41) is 17.4. The van der Waals surface area contributed by atoms with Gasteiger partial charge >= 0.3 is 0 Å². The van der Waals surface area contributed by atoms with Crippen LogP contribution in [0.5, 0.6) is 0 Å². The normalized spacial score (nSPS) is 15.1. The Morgan fingerprint density at radius 1 is 1.14 bits per heavy atom. The zero-order chi connectivity index (χ0) is 24.7. The smallest absolute Gasteiger partial charge is 0.289 e. The highest BCUT2D eigenvalue weighted by Gasteiger charge is 2.46. The molecule has 1 aromatic carbocycles. The van der Waals surface area contributed by atoms with Crippen molar-refractivity contribution in [2.24, 2.45) is 0 Å². The fraction of sp³-hybridized carbons (Fsp3) is 0.320. The zero-order valence-electron chi connectivity index (χ0n) is 19.6. The van der Waals surface area contributed by atoms with Crippen LogP contribution in [0, 0.1) is 11.3 Å². The van der Waals surface area contributed by atoms with E-state index in [-0.39, 0.29) is 23.3 Å². The number of fused-ring (bicyclic) bond motifs is 1. The highest BCUT2D eigenvalue weighted by atomic mass is 16.2. The standard InChI is InChI=1S/C25H24N8O2/c1-15(2)33-22-18(12-29-33)11-28-21(30-22)23(34)31-25(8-9-25)19-6-4-17(5-7-19)20-13-27-14-32(24(20)35)16(3)10-26/h4-7,11-16H,8-9H2,1-3H3,(H,31,34)/t16-/m1/s1. The SMILES string of the molecule is CC(C)n1ncc2cnc(C(=O)NC3(c4ccc(-c5cncn([C@H](C)C#N)c5=O)cc4)CC3)nc21. The monoisotopic (exact) mass is 468 g/mol. The number of hydrogen-bond acceptors (Lipinski definition) is 7. The van der Waals surface area contributed by atoms with E-state index >= 15 is 0 Å². The Balaban J connectivity index is 1.39. The molecule has 1 atom stereocenters. The highest BCUT2D eigenvalue weighted by molar-refractivity contribution is 5.93. The number of benzene rings is 1. The lowest BCUT2D eigenvalue weighted by molar-refractivity contribution is 0.0920. The van der Waals surface area contributed by atoms with Gasteiger partial charge in [0.1, 0.15) is 6.04 Å². The Bertz CT molecular complexity index is 1520. The van der Waals surface area contributed by atoms with Gasteiger partial charge < -0.3 is 5.32 Å². The maximum absolute atomic E-state index is 13.0. The second-order valence-electron chi connectivity index (χ2n) is 9.09. The van der Waals surface area contributed by atoms with E-state index < -0.39 is 11.6 Å². The Morgan fingerprint density at radius 2 is 1.89 bits per heavy atom. The van der Waals surface area contributed by atoms with E-state index in [2.05, 4.69) is 31.4 Å². The van der Waals surface area contributed by atoms with Crippen molar-refractivity contribution in [3.63, 3.8) is 0 Å². The number of amides is 1. The number of nitriles is 1. The third kappa shape index (κ3) is 3.95. The van der Waals surface area contributed by atoms with E-state index in [0.29, 0.717) is 16.8 Å². The molecule has 1 amide bonds. The molecule has 10 nitrogen and oxygen atoms in total. The Hall–Kier alpha value is -4.39. The molecule has 5 rings (SSSR count). The van der Waals surface area contributed by atoms with Gasteiger partial charge in [-0.25, -0.2) is 19.6 Å². The lowest BCUT2D eigenvalue weighted by Crippen LogP contribution is -2.36. The van der Waals surface area contributed by atoms with Crippen molar-refractivity contribution in [2.75, 3.05) is 0 Å². The quantitative estimate of drug-likeness (QED) is 0.460. The van der Waals surface area contributed by atoms with Crippen molar-refractivity contribution in [1.82, 2.24) is 34.6 Å². The first kappa shape index (κ1) is 22.4. The maximum atomic E-state index is 13.0. The van der Waals surface area contributed by atoms with Crippen molar-refractivity contribution in [2.45, 2.75) is 51.2 Å². The van der Waals surface area contributed by atoms with Crippen LogP contribution in [0.25, 0.3) is 22.2 Å². The van der Waals surface area contributed by atoms with Crippen molar-refractivity contribution in [1.29, 1.82) is 5.26 Å². The van der Waals surface area contributed by atoms with E-state index in [4.69, 9.17) is 5.26 Å². The van der Waals surface area contributed by atoms with Gasteiger partial charge in [-0.2, -0.15) is 10.4 Å². The minimum absolute atomic E-state index is 0.102. The van der Waals surface area contributed by atoms with E-state index in [9.17, 15) is 9.59 Å². The summed E-state index contributed by atoms with van der Waals surface area (Å²) < 4.78 is 3.08. The number of nitrogens with zero attached hydrogens (tertiary/aromatic N) is 7. The molecule has 1 saturated carbocycles. The molecule has 3 heterocycles. The fourth-order valence-corrected chi connectivity index (χ4v) is 4.14. The van der Waals surface area contributed by atoms with Crippen LogP contribution in [0.1, 0.15) is 61.9 Å². The van der Waals surface area contributed by atoms with Gasteiger partial charge in [0.25, 0.3) is 11.5 Å². The Kier molecular flexibility index (Phi) is 5.40. The van der Waals surface area contributed by atoms with E-state index in [1.807, 2.05) is 38.1 Å². The van der Waals surface area contributed by atoms with Crippen LogP contribution in [0.15, 0.2) is 54.0 Å². The van der Waals surface area contributed by atoms with Crippen LogP contribution >= 0.6 is 0 Å². The molecule has 0 bridgehead atoms. The molecular weight excluding hydrogens is 444 g/mol. The van der Waals surface area contributed by atoms with Crippen LogP contribution in [-0.2, 0) is 5.54 Å². The molecular formula is C25H24N8O2. The summed E-state index contributed by atoms with van der Waals surface area (Å²) in [7, 11) is 0. The average Bonchev–Trinajstić information content (AvgIpc) is 3.51. The van der Waals surface area contributed by atoms with Gasteiger partial charge in [-0.15, -0.1) is 0 Å². The first-order chi connectivity index (χ1) is 16.8. The van der Waals surface area contributed by atoms with Crippen LogP contribution < -0.4 is 10.9 Å². The van der Waals surface area contributed by atoms with E-state index in [1.54, 1.807) is 24.0 Å². The summed E-state index contributed by atoms with van der Waals surface area (Å²) in [5.41, 5.74) is 1.92. The number of carbonyl (C=O) groups is 1. The number of carbonyl (C=O) groups excluding carboxylic acids is 1.